The van der Waals surface area contributed by atoms with Crippen LogP contribution in [-0.4, -0.2) is 21.9 Å². The number of aliphatic hydroxyl groups is 1. The summed E-state index contributed by atoms with van der Waals surface area (Å²) < 4.78 is 0. The normalized spacial score (nSPS) is 12.1. The first-order valence-corrected chi connectivity index (χ1v) is 6.84. The van der Waals surface area contributed by atoms with Crippen LogP contribution >= 0.6 is 11.8 Å². The minimum Gasteiger partial charge on any atom is -0.478 e. The Balaban J connectivity index is 1.93. The van der Waals surface area contributed by atoms with E-state index >= 15 is 0 Å². The van der Waals surface area contributed by atoms with Gasteiger partial charge in [-0.2, -0.15) is 0 Å². The molecule has 2 aromatic carbocycles. The molecule has 0 aliphatic carbocycles. The van der Waals surface area contributed by atoms with Crippen LogP contribution in [0.1, 0.15) is 22.0 Å². The van der Waals surface area contributed by atoms with Gasteiger partial charge in [-0.3, -0.25) is 0 Å². The van der Waals surface area contributed by atoms with Gasteiger partial charge in [0.2, 0.25) is 0 Å². The van der Waals surface area contributed by atoms with Crippen LogP contribution in [-0.2, 0) is 0 Å². The smallest absolute Gasteiger partial charge is 0.335 e. The van der Waals surface area contributed by atoms with E-state index in [-0.39, 0.29) is 5.56 Å². The third-order valence-corrected chi connectivity index (χ3v) is 3.78. The van der Waals surface area contributed by atoms with Crippen LogP contribution in [0.4, 0.5) is 0 Å². The van der Waals surface area contributed by atoms with E-state index < -0.39 is 12.1 Å². The SMILES string of the molecule is O=C(O)c1ccc(SCC(O)c2ccccc2)cc1. The van der Waals surface area contributed by atoms with Gasteiger partial charge in [-0.05, 0) is 29.8 Å². The van der Waals surface area contributed by atoms with E-state index in [0.29, 0.717) is 5.75 Å². The maximum Gasteiger partial charge on any atom is 0.335 e. The van der Waals surface area contributed by atoms with E-state index in [1.165, 1.54) is 11.8 Å². The Bertz CT molecular complexity index is 537. The van der Waals surface area contributed by atoms with Crippen molar-refractivity contribution in [2.75, 3.05) is 5.75 Å². The summed E-state index contributed by atoms with van der Waals surface area (Å²) in [4.78, 5) is 11.7. The zero-order valence-corrected chi connectivity index (χ0v) is 11.0. The lowest BCUT2D eigenvalue weighted by atomic mass is 10.1. The van der Waals surface area contributed by atoms with Crippen molar-refractivity contribution in [2.24, 2.45) is 0 Å². The minimum atomic E-state index is -0.930. The number of carboxylic acids is 1. The number of aromatic carboxylic acids is 1. The van der Waals surface area contributed by atoms with Gasteiger partial charge in [0.1, 0.15) is 0 Å². The van der Waals surface area contributed by atoms with Crippen molar-refractivity contribution < 1.29 is 15.0 Å². The Morgan fingerprint density at radius 3 is 2.26 bits per heavy atom. The molecule has 4 heteroatoms. The van der Waals surface area contributed by atoms with Crippen LogP contribution in [0, 0.1) is 0 Å². The molecule has 0 aliphatic heterocycles. The second-order valence-electron chi connectivity index (χ2n) is 4.07. The molecule has 0 saturated carbocycles. The summed E-state index contributed by atoms with van der Waals surface area (Å²) >= 11 is 1.50. The quantitative estimate of drug-likeness (QED) is 0.822. The van der Waals surface area contributed by atoms with Gasteiger partial charge in [-0.1, -0.05) is 30.3 Å². The van der Waals surface area contributed by atoms with Crippen LogP contribution in [0.25, 0.3) is 0 Å². The number of thioether (sulfide) groups is 1. The van der Waals surface area contributed by atoms with Gasteiger partial charge in [0.15, 0.2) is 0 Å². The minimum absolute atomic E-state index is 0.271. The Kier molecular flexibility index (Phi) is 4.60. The fourth-order valence-corrected chi connectivity index (χ4v) is 2.51. The fraction of sp³-hybridized carbons (Fsp3) is 0.133. The molecule has 0 amide bonds. The summed E-state index contributed by atoms with van der Waals surface area (Å²) in [6.07, 6.45) is -0.523. The second kappa shape index (κ2) is 6.41. The predicted molar refractivity (Wildman–Crippen MR) is 75.5 cm³/mol. The fourth-order valence-electron chi connectivity index (χ4n) is 1.64. The Hall–Kier alpha value is -1.78. The molecule has 0 fully saturated rings. The Morgan fingerprint density at radius 2 is 1.68 bits per heavy atom. The Labute approximate surface area is 115 Å². The third kappa shape index (κ3) is 3.84. The summed E-state index contributed by atoms with van der Waals surface area (Å²) in [5.74, 6) is -0.392. The van der Waals surface area contributed by atoms with Crippen molar-refractivity contribution in [3.63, 3.8) is 0 Å². The Morgan fingerprint density at radius 1 is 1.05 bits per heavy atom. The molecule has 19 heavy (non-hydrogen) atoms. The number of aliphatic hydroxyl groups excluding tert-OH is 1. The summed E-state index contributed by atoms with van der Waals surface area (Å²) in [5, 5.41) is 18.8. The van der Waals surface area contributed by atoms with Crippen LogP contribution in [0.5, 0.6) is 0 Å². The molecule has 98 valence electrons. The average molecular weight is 274 g/mol. The molecule has 0 bridgehead atoms. The van der Waals surface area contributed by atoms with Crippen molar-refractivity contribution in [1.82, 2.24) is 0 Å². The highest BCUT2D eigenvalue weighted by Crippen LogP contribution is 2.24. The molecule has 1 unspecified atom stereocenters. The van der Waals surface area contributed by atoms with Crippen LogP contribution in [0.2, 0.25) is 0 Å². The van der Waals surface area contributed by atoms with E-state index in [4.69, 9.17) is 5.11 Å². The summed E-state index contributed by atoms with van der Waals surface area (Å²) in [6.45, 7) is 0. The van der Waals surface area contributed by atoms with E-state index in [1.54, 1.807) is 24.3 Å². The van der Waals surface area contributed by atoms with Gasteiger partial charge in [-0.25, -0.2) is 4.79 Å². The van der Waals surface area contributed by atoms with Crippen molar-refractivity contribution >= 4 is 17.7 Å². The number of hydrogen-bond acceptors (Lipinski definition) is 3. The molecular formula is C15H14O3S. The molecule has 0 saturated heterocycles. The summed E-state index contributed by atoms with van der Waals surface area (Å²) in [5.41, 5.74) is 1.16. The van der Waals surface area contributed by atoms with Crippen molar-refractivity contribution in [3.05, 3.63) is 65.7 Å². The highest BCUT2D eigenvalue weighted by molar-refractivity contribution is 7.99. The maximum atomic E-state index is 10.7. The monoisotopic (exact) mass is 274 g/mol. The third-order valence-electron chi connectivity index (χ3n) is 2.69. The highest BCUT2D eigenvalue weighted by Gasteiger charge is 2.08. The molecule has 0 aromatic heterocycles. The number of benzene rings is 2. The zero-order valence-electron chi connectivity index (χ0n) is 10.2. The molecule has 2 aromatic rings. The molecule has 2 rings (SSSR count). The first-order chi connectivity index (χ1) is 9.16. The lowest BCUT2D eigenvalue weighted by Gasteiger charge is -2.10. The molecule has 2 N–H and O–H groups in total. The predicted octanol–water partition coefficient (Wildman–Crippen LogP) is 3.21. The van der Waals surface area contributed by atoms with Crippen LogP contribution in [0.3, 0.4) is 0 Å². The van der Waals surface area contributed by atoms with Gasteiger partial charge < -0.3 is 10.2 Å². The van der Waals surface area contributed by atoms with Gasteiger partial charge in [0.05, 0.1) is 11.7 Å². The van der Waals surface area contributed by atoms with E-state index in [0.717, 1.165) is 10.5 Å². The van der Waals surface area contributed by atoms with Gasteiger partial charge in [0.25, 0.3) is 0 Å². The van der Waals surface area contributed by atoms with Crippen molar-refractivity contribution in [3.8, 4) is 0 Å². The number of hydrogen-bond donors (Lipinski definition) is 2. The molecule has 1 atom stereocenters. The number of carboxylic acid groups (broad SMARTS) is 1. The first kappa shape index (κ1) is 13.6. The van der Waals surface area contributed by atoms with Gasteiger partial charge in [0, 0.05) is 10.6 Å². The van der Waals surface area contributed by atoms with E-state index in [1.807, 2.05) is 30.3 Å². The second-order valence-corrected chi connectivity index (χ2v) is 5.16. The summed E-state index contributed by atoms with van der Waals surface area (Å²) in [7, 11) is 0. The number of carbonyl (C=O) groups is 1. The summed E-state index contributed by atoms with van der Waals surface area (Å²) in [6, 6.07) is 16.1. The van der Waals surface area contributed by atoms with E-state index in [9.17, 15) is 9.90 Å². The molecule has 3 nitrogen and oxygen atoms in total. The first-order valence-electron chi connectivity index (χ1n) is 5.86. The highest BCUT2D eigenvalue weighted by atomic mass is 32.2. The van der Waals surface area contributed by atoms with Gasteiger partial charge >= 0.3 is 5.97 Å². The van der Waals surface area contributed by atoms with Gasteiger partial charge in [-0.15, -0.1) is 11.8 Å². The molecule has 0 radical (unpaired) electrons. The molecule has 0 spiro atoms. The average Bonchev–Trinajstić information content (AvgIpc) is 2.46. The molecular weight excluding hydrogens is 260 g/mol. The lowest BCUT2D eigenvalue weighted by molar-refractivity contribution is 0.0697. The van der Waals surface area contributed by atoms with Crippen molar-refractivity contribution in [2.45, 2.75) is 11.0 Å². The lowest BCUT2D eigenvalue weighted by Crippen LogP contribution is -2.00. The van der Waals surface area contributed by atoms with E-state index in [2.05, 4.69) is 0 Å². The largest absolute Gasteiger partial charge is 0.478 e. The zero-order chi connectivity index (χ0) is 13.7. The molecule has 0 heterocycles. The molecule has 0 aliphatic rings. The van der Waals surface area contributed by atoms with Crippen molar-refractivity contribution in [1.29, 1.82) is 0 Å². The number of rotatable bonds is 5. The maximum absolute atomic E-state index is 10.7. The standard InChI is InChI=1S/C15H14O3S/c16-14(11-4-2-1-3-5-11)10-19-13-8-6-12(7-9-13)15(17)18/h1-9,14,16H,10H2,(H,17,18). The topological polar surface area (TPSA) is 57.5 Å². The van der Waals surface area contributed by atoms with Crippen LogP contribution < -0.4 is 0 Å². The van der Waals surface area contributed by atoms with Crippen LogP contribution in [0.15, 0.2) is 59.5 Å².